The number of aliphatic hydroxyl groups excluding tert-OH is 2. The zero-order valence-corrected chi connectivity index (χ0v) is 11.4. The summed E-state index contributed by atoms with van der Waals surface area (Å²) in [7, 11) is 0. The van der Waals surface area contributed by atoms with Crippen LogP contribution < -0.4 is 0 Å². The van der Waals surface area contributed by atoms with Crippen LogP contribution in [0.4, 0.5) is 0 Å². The van der Waals surface area contributed by atoms with E-state index in [1.807, 2.05) is 0 Å². The lowest BCUT2D eigenvalue weighted by Gasteiger charge is -2.05. The number of hydrogen-bond donors (Lipinski definition) is 2. The molecule has 100 valence electrons. The molecule has 17 heavy (non-hydrogen) atoms. The van der Waals surface area contributed by atoms with Gasteiger partial charge in [0.25, 0.3) is 0 Å². The monoisotopic (exact) mass is 242 g/mol. The van der Waals surface area contributed by atoms with Gasteiger partial charge < -0.3 is 14.9 Å². The number of hydrogen-bond acceptors (Lipinski definition) is 3. The zero-order chi connectivity index (χ0) is 13.3. The molecule has 0 radical (unpaired) electrons. The van der Waals surface area contributed by atoms with Crippen LogP contribution in [-0.2, 0) is 4.74 Å². The minimum absolute atomic E-state index is 0.159. The van der Waals surface area contributed by atoms with Crippen LogP contribution in [0.5, 0.6) is 0 Å². The first kappa shape index (κ1) is 16.0. The van der Waals surface area contributed by atoms with E-state index in [1.165, 1.54) is 0 Å². The summed E-state index contributed by atoms with van der Waals surface area (Å²) < 4.78 is 5.19. The van der Waals surface area contributed by atoms with Crippen LogP contribution in [0.1, 0.15) is 40.5 Å². The molecule has 0 aliphatic heterocycles. The van der Waals surface area contributed by atoms with Crippen LogP contribution in [-0.4, -0.2) is 23.4 Å². The van der Waals surface area contributed by atoms with E-state index in [4.69, 9.17) is 4.74 Å². The molecular weight excluding hydrogens is 216 g/mol. The Morgan fingerprint density at radius 2 is 1.24 bits per heavy atom. The summed E-state index contributed by atoms with van der Waals surface area (Å²) in [4.78, 5) is 0. The van der Waals surface area contributed by atoms with Crippen LogP contribution in [0.15, 0.2) is 23.7 Å². The van der Waals surface area contributed by atoms with E-state index in [9.17, 15) is 10.2 Å². The fourth-order valence-electron chi connectivity index (χ4n) is 1.12. The molecule has 0 heterocycles. The second kappa shape index (κ2) is 9.11. The Balaban J connectivity index is 3.75. The van der Waals surface area contributed by atoms with E-state index < -0.39 is 0 Å². The standard InChI is InChI=1S/C14H26O3/c1-11(2)5-7-13(15)9-17-10-14(16)8-6-12(3)4/h7-8,11-12,15-16H,5-6,9-10H2,1-4H3. The Hall–Kier alpha value is -0.960. The highest BCUT2D eigenvalue weighted by Gasteiger charge is 1.99. The average molecular weight is 242 g/mol. The predicted octanol–water partition coefficient (Wildman–Crippen LogP) is 3.98. The van der Waals surface area contributed by atoms with E-state index in [0.29, 0.717) is 11.8 Å². The molecule has 0 bridgehead atoms. The molecule has 0 aliphatic carbocycles. The van der Waals surface area contributed by atoms with Gasteiger partial charge in [-0.3, -0.25) is 0 Å². The van der Waals surface area contributed by atoms with E-state index in [0.717, 1.165) is 12.8 Å². The molecule has 0 amide bonds. The van der Waals surface area contributed by atoms with Crippen LogP contribution in [0, 0.1) is 11.8 Å². The van der Waals surface area contributed by atoms with Gasteiger partial charge in [0.1, 0.15) is 24.7 Å². The molecule has 0 fully saturated rings. The maximum atomic E-state index is 9.46. The molecule has 0 atom stereocenters. The molecule has 0 rings (SSSR count). The van der Waals surface area contributed by atoms with Crippen molar-refractivity contribution in [1.82, 2.24) is 0 Å². The third-order valence-corrected chi connectivity index (χ3v) is 2.15. The second-order valence-corrected chi connectivity index (χ2v) is 5.14. The predicted molar refractivity (Wildman–Crippen MR) is 71.2 cm³/mol. The first-order chi connectivity index (χ1) is 7.91. The topological polar surface area (TPSA) is 49.7 Å². The molecule has 0 saturated carbocycles. The van der Waals surface area contributed by atoms with E-state index >= 15 is 0 Å². The summed E-state index contributed by atoms with van der Waals surface area (Å²) in [5.41, 5.74) is 0. The summed E-state index contributed by atoms with van der Waals surface area (Å²) in [5.74, 6) is 1.51. The third kappa shape index (κ3) is 11.3. The van der Waals surface area contributed by atoms with Crippen LogP contribution in [0.2, 0.25) is 0 Å². The van der Waals surface area contributed by atoms with Crippen molar-refractivity contribution in [3.05, 3.63) is 23.7 Å². The molecule has 0 aromatic rings. The number of rotatable bonds is 8. The summed E-state index contributed by atoms with van der Waals surface area (Å²) in [6, 6.07) is 0. The SMILES string of the molecule is CC(C)CC=C(O)COCC(O)=CCC(C)C. The van der Waals surface area contributed by atoms with Crippen molar-refractivity contribution >= 4 is 0 Å². The molecular formula is C14H26O3. The number of ether oxygens (including phenoxy) is 1. The average Bonchev–Trinajstić information content (AvgIpc) is 2.23. The highest BCUT2D eigenvalue weighted by molar-refractivity contribution is 4.94. The van der Waals surface area contributed by atoms with Crippen LogP contribution >= 0.6 is 0 Å². The Kier molecular flexibility index (Phi) is 8.60. The van der Waals surface area contributed by atoms with Gasteiger partial charge in [-0.15, -0.1) is 0 Å². The van der Waals surface area contributed by atoms with Crippen molar-refractivity contribution in [2.45, 2.75) is 40.5 Å². The molecule has 0 aromatic heterocycles. The maximum Gasteiger partial charge on any atom is 0.114 e. The van der Waals surface area contributed by atoms with Crippen molar-refractivity contribution in [3.8, 4) is 0 Å². The van der Waals surface area contributed by atoms with Gasteiger partial charge in [0.2, 0.25) is 0 Å². The van der Waals surface area contributed by atoms with Crippen molar-refractivity contribution in [1.29, 1.82) is 0 Å². The summed E-state index contributed by atoms with van der Waals surface area (Å²) >= 11 is 0. The zero-order valence-electron chi connectivity index (χ0n) is 11.4. The largest absolute Gasteiger partial charge is 0.510 e. The van der Waals surface area contributed by atoms with Crippen molar-refractivity contribution in [3.63, 3.8) is 0 Å². The van der Waals surface area contributed by atoms with E-state index in [1.54, 1.807) is 12.2 Å². The van der Waals surface area contributed by atoms with Crippen molar-refractivity contribution < 1.29 is 14.9 Å². The van der Waals surface area contributed by atoms with Gasteiger partial charge in [-0.1, -0.05) is 27.7 Å². The van der Waals surface area contributed by atoms with Gasteiger partial charge in [-0.05, 0) is 36.8 Å². The molecule has 2 N–H and O–H groups in total. The normalized spacial score (nSPS) is 13.8. The smallest absolute Gasteiger partial charge is 0.114 e. The third-order valence-electron chi connectivity index (χ3n) is 2.15. The summed E-state index contributed by atoms with van der Waals surface area (Å²) in [5, 5.41) is 18.9. The second-order valence-electron chi connectivity index (χ2n) is 5.14. The molecule has 0 aromatic carbocycles. The Bertz CT molecular complexity index is 226. The highest BCUT2D eigenvalue weighted by atomic mass is 16.5. The minimum Gasteiger partial charge on any atom is -0.510 e. The van der Waals surface area contributed by atoms with Gasteiger partial charge in [0.15, 0.2) is 0 Å². The van der Waals surface area contributed by atoms with Gasteiger partial charge in [-0.25, -0.2) is 0 Å². The molecule has 0 spiro atoms. The molecule has 3 heteroatoms. The van der Waals surface area contributed by atoms with Gasteiger partial charge in [0, 0.05) is 0 Å². The summed E-state index contributed by atoms with van der Waals surface area (Å²) in [6.45, 7) is 8.67. The molecule has 0 saturated heterocycles. The fraction of sp³-hybridized carbons (Fsp3) is 0.714. The van der Waals surface area contributed by atoms with Crippen LogP contribution in [0.25, 0.3) is 0 Å². The molecule has 0 unspecified atom stereocenters. The lowest BCUT2D eigenvalue weighted by Crippen LogP contribution is -2.03. The Labute approximate surface area is 105 Å². The lowest BCUT2D eigenvalue weighted by atomic mass is 10.1. The summed E-state index contributed by atoms with van der Waals surface area (Å²) in [6.07, 6.45) is 5.20. The van der Waals surface area contributed by atoms with E-state index in [-0.39, 0.29) is 24.7 Å². The Morgan fingerprint density at radius 3 is 1.53 bits per heavy atom. The first-order valence-electron chi connectivity index (χ1n) is 6.25. The van der Waals surface area contributed by atoms with E-state index in [2.05, 4.69) is 27.7 Å². The first-order valence-corrected chi connectivity index (χ1v) is 6.25. The number of aliphatic hydroxyl groups is 2. The van der Waals surface area contributed by atoms with Gasteiger partial charge in [0.05, 0.1) is 0 Å². The highest BCUT2D eigenvalue weighted by Crippen LogP contribution is 2.05. The fourth-order valence-corrected chi connectivity index (χ4v) is 1.12. The van der Waals surface area contributed by atoms with Crippen molar-refractivity contribution in [2.24, 2.45) is 11.8 Å². The molecule has 3 nitrogen and oxygen atoms in total. The quantitative estimate of drug-likeness (QED) is 0.633. The minimum atomic E-state index is 0.159. The van der Waals surface area contributed by atoms with Crippen molar-refractivity contribution in [2.75, 3.05) is 13.2 Å². The number of allylic oxidation sites excluding steroid dienone is 2. The lowest BCUT2D eigenvalue weighted by molar-refractivity contribution is 0.121. The Morgan fingerprint density at radius 1 is 0.882 bits per heavy atom. The van der Waals surface area contributed by atoms with Crippen LogP contribution in [0.3, 0.4) is 0 Å². The van der Waals surface area contributed by atoms with Gasteiger partial charge >= 0.3 is 0 Å². The van der Waals surface area contributed by atoms with Gasteiger partial charge in [-0.2, -0.15) is 0 Å². The molecule has 0 aliphatic rings. The maximum absolute atomic E-state index is 9.46.